The van der Waals surface area contributed by atoms with Crippen LogP contribution in [0.25, 0.3) is 0 Å². The zero-order valence-corrected chi connectivity index (χ0v) is 11.0. The molecule has 17 heavy (non-hydrogen) atoms. The largest absolute Gasteiger partial charge is 0.339 e. The maximum Gasteiger partial charge on any atom is 0.222 e. The van der Waals surface area contributed by atoms with E-state index in [2.05, 4.69) is 11.8 Å². The minimum absolute atomic E-state index is 0.372. The molecule has 1 saturated heterocycles. The van der Waals surface area contributed by atoms with Crippen LogP contribution >= 0.6 is 0 Å². The highest BCUT2D eigenvalue weighted by Crippen LogP contribution is 2.34. The summed E-state index contributed by atoms with van der Waals surface area (Å²) in [5, 5.41) is 0. The standard InChI is InChI=1S/C14H26N2O/c1-2-11-6-7-12(10-15)13(9-11)16-8-4-3-5-14(16)17/h11-13H,2-10,15H2,1H3. The zero-order chi connectivity index (χ0) is 12.3. The number of rotatable bonds is 3. The van der Waals surface area contributed by atoms with Gasteiger partial charge in [-0.15, -0.1) is 0 Å². The van der Waals surface area contributed by atoms with E-state index in [0.717, 1.165) is 31.8 Å². The number of carbonyl (C=O) groups excluding carboxylic acids is 1. The van der Waals surface area contributed by atoms with Crippen LogP contribution in [-0.4, -0.2) is 29.9 Å². The molecule has 2 fully saturated rings. The van der Waals surface area contributed by atoms with Gasteiger partial charge in [-0.25, -0.2) is 0 Å². The predicted molar refractivity (Wildman–Crippen MR) is 69.5 cm³/mol. The number of piperidine rings is 1. The number of nitrogens with two attached hydrogens (primary N) is 1. The van der Waals surface area contributed by atoms with Gasteiger partial charge in [0.05, 0.1) is 0 Å². The fraction of sp³-hybridized carbons (Fsp3) is 0.929. The highest BCUT2D eigenvalue weighted by molar-refractivity contribution is 5.77. The molecule has 0 aromatic heterocycles. The summed E-state index contributed by atoms with van der Waals surface area (Å²) in [5.74, 6) is 1.72. The Balaban J connectivity index is 2.05. The average molecular weight is 238 g/mol. The molecule has 98 valence electrons. The lowest BCUT2D eigenvalue weighted by Gasteiger charge is -2.44. The monoisotopic (exact) mass is 238 g/mol. The van der Waals surface area contributed by atoms with Gasteiger partial charge in [-0.05, 0) is 50.5 Å². The fourth-order valence-electron chi connectivity index (χ4n) is 3.50. The molecule has 1 aliphatic carbocycles. The van der Waals surface area contributed by atoms with E-state index in [4.69, 9.17) is 5.73 Å². The Morgan fingerprint density at radius 2 is 2.18 bits per heavy atom. The van der Waals surface area contributed by atoms with Gasteiger partial charge in [0.1, 0.15) is 0 Å². The van der Waals surface area contributed by atoms with Gasteiger partial charge in [-0.3, -0.25) is 4.79 Å². The van der Waals surface area contributed by atoms with E-state index in [9.17, 15) is 4.79 Å². The molecule has 1 aliphatic heterocycles. The minimum Gasteiger partial charge on any atom is -0.339 e. The molecule has 2 aliphatic rings. The molecule has 0 bridgehead atoms. The van der Waals surface area contributed by atoms with Crippen LogP contribution in [0.2, 0.25) is 0 Å². The summed E-state index contributed by atoms with van der Waals surface area (Å²) in [6.07, 6.45) is 7.95. The van der Waals surface area contributed by atoms with Crippen molar-refractivity contribution in [1.82, 2.24) is 4.90 Å². The van der Waals surface area contributed by atoms with Gasteiger partial charge in [-0.2, -0.15) is 0 Å². The highest BCUT2D eigenvalue weighted by Gasteiger charge is 2.35. The summed E-state index contributed by atoms with van der Waals surface area (Å²) < 4.78 is 0. The number of nitrogens with zero attached hydrogens (tertiary/aromatic N) is 1. The summed E-state index contributed by atoms with van der Waals surface area (Å²) in [4.78, 5) is 14.2. The normalized spacial score (nSPS) is 35.1. The van der Waals surface area contributed by atoms with Gasteiger partial charge in [-0.1, -0.05) is 13.3 Å². The average Bonchev–Trinajstić information content (AvgIpc) is 2.38. The molecule has 3 nitrogen and oxygen atoms in total. The van der Waals surface area contributed by atoms with Crippen molar-refractivity contribution in [1.29, 1.82) is 0 Å². The second kappa shape index (κ2) is 5.85. The van der Waals surface area contributed by atoms with Crippen LogP contribution in [0.4, 0.5) is 0 Å². The van der Waals surface area contributed by atoms with Crippen LogP contribution in [0.5, 0.6) is 0 Å². The lowest BCUT2D eigenvalue weighted by Crippen LogP contribution is -2.51. The Bertz CT molecular complexity index is 267. The van der Waals surface area contributed by atoms with Gasteiger partial charge in [0.2, 0.25) is 5.91 Å². The molecule has 0 spiro atoms. The van der Waals surface area contributed by atoms with Gasteiger partial charge in [0.15, 0.2) is 0 Å². The summed E-state index contributed by atoms with van der Waals surface area (Å²) in [6, 6.07) is 0.437. The van der Waals surface area contributed by atoms with Crippen molar-refractivity contribution in [3.8, 4) is 0 Å². The Morgan fingerprint density at radius 1 is 1.35 bits per heavy atom. The van der Waals surface area contributed by atoms with Gasteiger partial charge in [0, 0.05) is 19.0 Å². The topological polar surface area (TPSA) is 46.3 Å². The molecule has 1 amide bonds. The smallest absolute Gasteiger partial charge is 0.222 e. The van der Waals surface area contributed by atoms with Crippen molar-refractivity contribution in [2.75, 3.05) is 13.1 Å². The van der Waals surface area contributed by atoms with Crippen molar-refractivity contribution in [2.45, 2.75) is 57.9 Å². The Hall–Kier alpha value is -0.570. The van der Waals surface area contributed by atoms with Crippen LogP contribution in [0.3, 0.4) is 0 Å². The molecular weight excluding hydrogens is 212 g/mol. The first-order chi connectivity index (χ1) is 8.26. The molecule has 0 aromatic carbocycles. The first kappa shape index (κ1) is 12.9. The SMILES string of the molecule is CCC1CCC(CN)C(N2CCCCC2=O)C1. The van der Waals surface area contributed by atoms with E-state index in [-0.39, 0.29) is 0 Å². The van der Waals surface area contributed by atoms with Gasteiger partial charge < -0.3 is 10.6 Å². The first-order valence-corrected chi connectivity index (χ1v) is 7.25. The quantitative estimate of drug-likeness (QED) is 0.819. The second-order valence-electron chi connectivity index (χ2n) is 5.69. The van der Waals surface area contributed by atoms with Crippen molar-refractivity contribution in [3.63, 3.8) is 0 Å². The highest BCUT2D eigenvalue weighted by atomic mass is 16.2. The summed E-state index contributed by atoms with van der Waals surface area (Å²) >= 11 is 0. The maximum atomic E-state index is 12.0. The first-order valence-electron chi connectivity index (χ1n) is 7.25. The maximum absolute atomic E-state index is 12.0. The van der Waals surface area contributed by atoms with Crippen molar-refractivity contribution in [3.05, 3.63) is 0 Å². The number of hydrogen-bond acceptors (Lipinski definition) is 2. The van der Waals surface area contributed by atoms with Gasteiger partial charge in [0.25, 0.3) is 0 Å². The molecule has 3 atom stereocenters. The molecule has 0 aromatic rings. The molecule has 1 heterocycles. The number of hydrogen-bond donors (Lipinski definition) is 1. The van der Waals surface area contributed by atoms with E-state index in [1.165, 1.54) is 32.1 Å². The number of likely N-dealkylation sites (tertiary alicyclic amines) is 1. The van der Waals surface area contributed by atoms with E-state index in [1.54, 1.807) is 0 Å². The lowest BCUT2D eigenvalue weighted by molar-refractivity contribution is -0.138. The summed E-state index contributed by atoms with van der Waals surface area (Å²) in [5.41, 5.74) is 5.89. The second-order valence-corrected chi connectivity index (χ2v) is 5.69. The van der Waals surface area contributed by atoms with Crippen molar-refractivity contribution >= 4 is 5.91 Å². The lowest BCUT2D eigenvalue weighted by atomic mass is 9.76. The Kier molecular flexibility index (Phi) is 4.43. The number of amides is 1. The minimum atomic E-state index is 0.372. The van der Waals surface area contributed by atoms with E-state index >= 15 is 0 Å². The number of carbonyl (C=O) groups is 1. The molecule has 0 radical (unpaired) electrons. The third-order valence-electron chi connectivity index (χ3n) is 4.71. The van der Waals surface area contributed by atoms with Gasteiger partial charge >= 0.3 is 0 Å². The van der Waals surface area contributed by atoms with Crippen LogP contribution in [0.15, 0.2) is 0 Å². The van der Waals surface area contributed by atoms with E-state index in [1.807, 2.05) is 0 Å². The van der Waals surface area contributed by atoms with Crippen molar-refractivity contribution in [2.24, 2.45) is 17.6 Å². The molecule has 3 heteroatoms. The summed E-state index contributed by atoms with van der Waals surface area (Å²) in [7, 11) is 0. The molecule has 3 unspecified atom stereocenters. The van der Waals surface area contributed by atoms with Crippen LogP contribution in [0.1, 0.15) is 51.9 Å². The molecule has 1 saturated carbocycles. The Labute approximate surface area is 105 Å². The fourth-order valence-corrected chi connectivity index (χ4v) is 3.50. The summed E-state index contributed by atoms with van der Waals surface area (Å²) in [6.45, 7) is 3.98. The van der Waals surface area contributed by atoms with E-state index < -0.39 is 0 Å². The third kappa shape index (κ3) is 2.82. The van der Waals surface area contributed by atoms with Crippen molar-refractivity contribution < 1.29 is 4.79 Å². The molecular formula is C14H26N2O. The van der Waals surface area contributed by atoms with E-state index in [0.29, 0.717) is 17.9 Å². The molecule has 2 N–H and O–H groups in total. The predicted octanol–water partition coefficient (Wildman–Crippen LogP) is 2.15. The van der Waals surface area contributed by atoms with Crippen LogP contribution < -0.4 is 5.73 Å². The Morgan fingerprint density at radius 3 is 2.82 bits per heavy atom. The third-order valence-corrected chi connectivity index (χ3v) is 4.71. The van der Waals surface area contributed by atoms with Crippen LogP contribution in [-0.2, 0) is 4.79 Å². The zero-order valence-electron chi connectivity index (χ0n) is 11.0. The van der Waals surface area contributed by atoms with Crippen LogP contribution in [0, 0.1) is 11.8 Å². The molecule has 2 rings (SSSR count).